The summed E-state index contributed by atoms with van der Waals surface area (Å²) in [6, 6.07) is -0.523. The van der Waals surface area contributed by atoms with Crippen LogP contribution >= 0.6 is 0 Å². The summed E-state index contributed by atoms with van der Waals surface area (Å²) in [5.74, 6) is -0.183. The molecule has 106 valence electrons. The molecule has 1 heterocycles. The zero-order valence-corrected chi connectivity index (χ0v) is 11.9. The lowest BCUT2D eigenvalue weighted by atomic mass is 9.92. The maximum Gasteiger partial charge on any atom is 0.320 e. The zero-order chi connectivity index (χ0) is 13.8. The van der Waals surface area contributed by atoms with Crippen molar-refractivity contribution >= 4 is 15.8 Å². The van der Waals surface area contributed by atoms with Crippen molar-refractivity contribution in [3.05, 3.63) is 0 Å². The topological polar surface area (TPSA) is 74.7 Å². The van der Waals surface area contributed by atoms with Crippen LogP contribution in [-0.4, -0.2) is 55.0 Å². The molecule has 0 spiro atoms. The van der Waals surface area contributed by atoms with E-state index in [1.54, 1.807) is 4.90 Å². The number of carbonyl (C=O) groups is 1. The fraction of sp³-hybridized carbons (Fsp3) is 0.917. The molecule has 1 aliphatic heterocycles. The first-order chi connectivity index (χ1) is 8.35. The van der Waals surface area contributed by atoms with Crippen LogP contribution in [0.1, 0.15) is 33.1 Å². The van der Waals surface area contributed by atoms with Crippen LogP contribution in [0, 0.1) is 5.92 Å². The number of likely N-dealkylation sites (tertiary alicyclic amines) is 1. The van der Waals surface area contributed by atoms with Crippen LogP contribution < -0.4 is 0 Å². The summed E-state index contributed by atoms with van der Waals surface area (Å²) in [5.41, 5.74) is 0. The summed E-state index contributed by atoms with van der Waals surface area (Å²) in [7, 11) is -3.03. The molecule has 0 aromatic carbocycles. The molecule has 1 aliphatic rings. The molecular weight excluding hydrogens is 254 g/mol. The van der Waals surface area contributed by atoms with Gasteiger partial charge < -0.3 is 5.11 Å². The predicted octanol–water partition coefficient (Wildman–Crippen LogP) is 0.996. The van der Waals surface area contributed by atoms with E-state index in [0.717, 1.165) is 6.42 Å². The normalized spacial score (nSPS) is 26.1. The first-order valence-corrected chi connectivity index (χ1v) is 8.35. The number of carboxylic acids is 1. The molecule has 0 aromatic heterocycles. The third-order valence-corrected chi connectivity index (χ3v) is 5.30. The Kier molecular flexibility index (Phi) is 5.59. The number of sulfone groups is 1. The van der Waals surface area contributed by atoms with E-state index in [1.807, 2.05) is 13.8 Å². The Morgan fingerprint density at radius 2 is 2.06 bits per heavy atom. The van der Waals surface area contributed by atoms with E-state index in [2.05, 4.69) is 0 Å². The molecule has 2 unspecified atom stereocenters. The van der Waals surface area contributed by atoms with Crippen molar-refractivity contribution in [3.8, 4) is 0 Å². The van der Waals surface area contributed by atoms with Crippen molar-refractivity contribution < 1.29 is 18.3 Å². The van der Waals surface area contributed by atoms with Crippen LogP contribution in [0.4, 0.5) is 0 Å². The molecular formula is C12H23NO4S. The Balaban J connectivity index is 2.57. The first kappa shape index (κ1) is 15.4. The van der Waals surface area contributed by atoms with Gasteiger partial charge in [0.05, 0.1) is 5.75 Å². The van der Waals surface area contributed by atoms with Crippen molar-refractivity contribution in [3.63, 3.8) is 0 Å². The molecule has 2 atom stereocenters. The van der Waals surface area contributed by atoms with Gasteiger partial charge in [-0.1, -0.05) is 13.8 Å². The largest absolute Gasteiger partial charge is 0.480 e. The highest BCUT2D eigenvalue weighted by Crippen LogP contribution is 2.22. The highest BCUT2D eigenvalue weighted by atomic mass is 32.2. The van der Waals surface area contributed by atoms with Gasteiger partial charge in [-0.15, -0.1) is 0 Å². The Labute approximate surface area is 109 Å². The monoisotopic (exact) mass is 277 g/mol. The average molecular weight is 277 g/mol. The van der Waals surface area contributed by atoms with Crippen molar-refractivity contribution in [1.82, 2.24) is 4.90 Å². The maximum atomic E-state index is 11.6. The molecule has 5 nitrogen and oxygen atoms in total. The van der Waals surface area contributed by atoms with Crippen molar-refractivity contribution in [2.75, 3.05) is 24.6 Å². The predicted molar refractivity (Wildman–Crippen MR) is 70.3 cm³/mol. The SMILES string of the molecule is CCCS(=O)(=O)CCN1CCC(C)CC1C(=O)O. The molecule has 1 fully saturated rings. The van der Waals surface area contributed by atoms with Crippen LogP contribution in [0.25, 0.3) is 0 Å². The van der Waals surface area contributed by atoms with Gasteiger partial charge in [0, 0.05) is 12.3 Å². The second-order valence-electron chi connectivity index (χ2n) is 5.17. The smallest absolute Gasteiger partial charge is 0.320 e. The van der Waals surface area contributed by atoms with Gasteiger partial charge in [-0.05, 0) is 31.7 Å². The Hall–Kier alpha value is -0.620. The van der Waals surface area contributed by atoms with Crippen LogP contribution in [0.3, 0.4) is 0 Å². The number of rotatable bonds is 6. The van der Waals surface area contributed by atoms with Crippen molar-refractivity contribution in [1.29, 1.82) is 0 Å². The van der Waals surface area contributed by atoms with Gasteiger partial charge in [0.25, 0.3) is 0 Å². The minimum atomic E-state index is -3.03. The molecule has 0 radical (unpaired) electrons. The Bertz CT molecular complexity index is 380. The molecule has 0 bridgehead atoms. The summed E-state index contributed by atoms with van der Waals surface area (Å²) >= 11 is 0. The van der Waals surface area contributed by atoms with Crippen molar-refractivity contribution in [2.24, 2.45) is 5.92 Å². The molecule has 1 saturated heterocycles. The number of aliphatic carboxylic acids is 1. The third-order valence-electron chi connectivity index (χ3n) is 3.47. The van der Waals surface area contributed by atoms with E-state index in [0.29, 0.717) is 31.8 Å². The van der Waals surface area contributed by atoms with Crippen LogP contribution in [0.5, 0.6) is 0 Å². The zero-order valence-electron chi connectivity index (χ0n) is 11.1. The number of hydrogen-bond donors (Lipinski definition) is 1. The van der Waals surface area contributed by atoms with E-state index in [4.69, 9.17) is 5.11 Å². The summed E-state index contributed by atoms with van der Waals surface area (Å²) in [4.78, 5) is 13.0. The minimum absolute atomic E-state index is 0.0685. The highest BCUT2D eigenvalue weighted by molar-refractivity contribution is 7.91. The van der Waals surface area contributed by atoms with E-state index in [-0.39, 0.29) is 11.5 Å². The first-order valence-electron chi connectivity index (χ1n) is 6.53. The number of nitrogens with zero attached hydrogens (tertiary/aromatic N) is 1. The fourth-order valence-corrected chi connectivity index (χ4v) is 3.72. The van der Waals surface area contributed by atoms with Gasteiger partial charge in [-0.25, -0.2) is 8.42 Å². The maximum absolute atomic E-state index is 11.6. The second kappa shape index (κ2) is 6.52. The molecule has 18 heavy (non-hydrogen) atoms. The average Bonchev–Trinajstić information content (AvgIpc) is 2.27. The van der Waals surface area contributed by atoms with E-state index in [9.17, 15) is 13.2 Å². The summed E-state index contributed by atoms with van der Waals surface area (Å²) in [6.07, 6.45) is 2.17. The lowest BCUT2D eigenvalue weighted by Crippen LogP contribution is -2.48. The highest BCUT2D eigenvalue weighted by Gasteiger charge is 2.31. The molecule has 0 saturated carbocycles. The van der Waals surface area contributed by atoms with Gasteiger partial charge in [0.1, 0.15) is 6.04 Å². The standard InChI is InChI=1S/C12H23NO4S/c1-3-7-18(16,17)8-6-13-5-4-10(2)9-11(13)12(14)15/h10-11H,3-9H2,1-2H3,(H,14,15). The van der Waals surface area contributed by atoms with Gasteiger partial charge in [-0.2, -0.15) is 0 Å². The minimum Gasteiger partial charge on any atom is -0.480 e. The van der Waals surface area contributed by atoms with Crippen LogP contribution in [0.2, 0.25) is 0 Å². The number of piperidine rings is 1. The Morgan fingerprint density at radius 1 is 1.39 bits per heavy atom. The molecule has 6 heteroatoms. The number of carboxylic acid groups (broad SMARTS) is 1. The molecule has 0 amide bonds. The van der Waals surface area contributed by atoms with Crippen LogP contribution in [-0.2, 0) is 14.6 Å². The summed E-state index contributed by atoms with van der Waals surface area (Å²) in [6.45, 7) is 4.90. The van der Waals surface area contributed by atoms with Gasteiger partial charge >= 0.3 is 5.97 Å². The quantitative estimate of drug-likeness (QED) is 0.784. The third kappa shape index (κ3) is 4.57. The fourth-order valence-electron chi connectivity index (χ4n) is 2.38. The van der Waals surface area contributed by atoms with E-state index >= 15 is 0 Å². The second-order valence-corrected chi connectivity index (χ2v) is 7.48. The molecule has 0 aromatic rings. The van der Waals surface area contributed by atoms with E-state index < -0.39 is 21.8 Å². The lowest BCUT2D eigenvalue weighted by Gasteiger charge is -2.35. The van der Waals surface area contributed by atoms with Crippen LogP contribution in [0.15, 0.2) is 0 Å². The molecule has 0 aliphatic carbocycles. The summed E-state index contributed by atoms with van der Waals surface area (Å²) < 4.78 is 23.3. The Morgan fingerprint density at radius 3 is 2.61 bits per heavy atom. The lowest BCUT2D eigenvalue weighted by molar-refractivity contribution is -0.145. The number of hydrogen-bond acceptors (Lipinski definition) is 4. The molecule has 1 N–H and O–H groups in total. The summed E-state index contributed by atoms with van der Waals surface area (Å²) in [5, 5.41) is 9.17. The van der Waals surface area contributed by atoms with Crippen molar-refractivity contribution in [2.45, 2.75) is 39.2 Å². The van der Waals surface area contributed by atoms with Gasteiger partial charge in [0.15, 0.2) is 9.84 Å². The van der Waals surface area contributed by atoms with Gasteiger partial charge in [-0.3, -0.25) is 9.69 Å². The van der Waals surface area contributed by atoms with Gasteiger partial charge in [0.2, 0.25) is 0 Å². The molecule has 1 rings (SSSR count). The van der Waals surface area contributed by atoms with E-state index in [1.165, 1.54) is 0 Å².